The SMILES string of the molecule is CC(=O)N(CCNC(=O)Cc1c[nH]c2ccccc12)c1ccc(Cl)cc1. The lowest BCUT2D eigenvalue weighted by Gasteiger charge is -2.21. The summed E-state index contributed by atoms with van der Waals surface area (Å²) in [5.74, 6) is -0.160. The second-order valence-corrected chi connectivity index (χ2v) is 6.47. The number of carbonyl (C=O) groups excluding carboxylic acids is 2. The standard InChI is InChI=1S/C20H20ClN3O2/c1-14(25)24(17-8-6-16(21)7-9-17)11-10-22-20(26)12-15-13-23-19-5-3-2-4-18(15)19/h2-9,13,23H,10-12H2,1H3,(H,22,26). The number of benzene rings is 2. The van der Waals surface area contributed by atoms with Gasteiger partial charge in [-0.2, -0.15) is 0 Å². The van der Waals surface area contributed by atoms with E-state index < -0.39 is 0 Å². The van der Waals surface area contributed by atoms with Crippen LogP contribution >= 0.6 is 11.6 Å². The minimum Gasteiger partial charge on any atom is -0.361 e. The van der Waals surface area contributed by atoms with Gasteiger partial charge in [0.1, 0.15) is 0 Å². The van der Waals surface area contributed by atoms with Gasteiger partial charge in [-0.25, -0.2) is 0 Å². The lowest BCUT2D eigenvalue weighted by Crippen LogP contribution is -2.38. The van der Waals surface area contributed by atoms with Crippen LogP contribution in [-0.2, 0) is 16.0 Å². The number of hydrogen-bond donors (Lipinski definition) is 2. The van der Waals surface area contributed by atoms with E-state index in [0.29, 0.717) is 24.5 Å². The molecule has 0 aliphatic rings. The lowest BCUT2D eigenvalue weighted by molar-refractivity contribution is -0.121. The van der Waals surface area contributed by atoms with E-state index in [1.54, 1.807) is 29.2 Å². The summed E-state index contributed by atoms with van der Waals surface area (Å²) in [4.78, 5) is 28.9. The molecule has 2 aromatic carbocycles. The molecule has 0 unspecified atom stereocenters. The molecule has 0 bridgehead atoms. The van der Waals surface area contributed by atoms with E-state index in [4.69, 9.17) is 11.6 Å². The highest BCUT2D eigenvalue weighted by Gasteiger charge is 2.13. The Morgan fingerprint density at radius 1 is 1.12 bits per heavy atom. The molecule has 1 heterocycles. The van der Waals surface area contributed by atoms with E-state index in [-0.39, 0.29) is 11.8 Å². The predicted octanol–water partition coefficient (Wildman–Crippen LogP) is 3.53. The van der Waals surface area contributed by atoms with E-state index >= 15 is 0 Å². The van der Waals surface area contributed by atoms with Crippen LogP contribution < -0.4 is 10.2 Å². The molecule has 134 valence electrons. The number of carbonyl (C=O) groups is 2. The number of rotatable bonds is 6. The molecule has 3 aromatic rings. The fourth-order valence-electron chi connectivity index (χ4n) is 2.91. The van der Waals surface area contributed by atoms with Crippen molar-refractivity contribution in [3.05, 3.63) is 65.3 Å². The molecule has 0 spiro atoms. The molecule has 2 amide bonds. The van der Waals surface area contributed by atoms with Crippen LogP contribution in [0.2, 0.25) is 5.02 Å². The molecule has 3 rings (SSSR count). The predicted molar refractivity (Wildman–Crippen MR) is 104 cm³/mol. The summed E-state index contributed by atoms with van der Waals surface area (Å²) >= 11 is 5.89. The number of nitrogens with zero attached hydrogens (tertiary/aromatic N) is 1. The Bertz CT molecular complexity index is 918. The Balaban J connectivity index is 1.56. The third-order valence-corrected chi connectivity index (χ3v) is 4.45. The topological polar surface area (TPSA) is 65.2 Å². The van der Waals surface area contributed by atoms with Crippen LogP contribution in [0.3, 0.4) is 0 Å². The summed E-state index contributed by atoms with van der Waals surface area (Å²) in [6.07, 6.45) is 2.16. The van der Waals surface area contributed by atoms with Crippen molar-refractivity contribution < 1.29 is 9.59 Å². The monoisotopic (exact) mass is 369 g/mol. The summed E-state index contributed by atoms with van der Waals surface area (Å²) in [6, 6.07) is 14.9. The van der Waals surface area contributed by atoms with Crippen molar-refractivity contribution in [2.24, 2.45) is 0 Å². The molecule has 0 radical (unpaired) electrons. The van der Waals surface area contributed by atoms with Gasteiger partial charge in [0, 0.05) is 47.8 Å². The molecule has 0 saturated carbocycles. The van der Waals surface area contributed by atoms with Gasteiger partial charge in [0.05, 0.1) is 6.42 Å². The molecule has 6 heteroatoms. The zero-order valence-corrected chi connectivity index (χ0v) is 15.2. The summed E-state index contributed by atoms with van der Waals surface area (Å²) < 4.78 is 0. The highest BCUT2D eigenvalue weighted by atomic mass is 35.5. The Morgan fingerprint density at radius 3 is 2.58 bits per heavy atom. The highest BCUT2D eigenvalue weighted by Crippen LogP contribution is 2.19. The third kappa shape index (κ3) is 4.24. The first-order valence-corrected chi connectivity index (χ1v) is 8.78. The molecule has 0 aliphatic carbocycles. The maximum Gasteiger partial charge on any atom is 0.224 e. The number of aromatic amines is 1. The van der Waals surface area contributed by atoms with Gasteiger partial charge in [0.25, 0.3) is 0 Å². The van der Waals surface area contributed by atoms with Crippen LogP contribution in [0.4, 0.5) is 5.69 Å². The smallest absolute Gasteiger partial charge is 0.224 e. The molecule has 0 saturated heterocycles. The molecule has 0 atom stereocenters. The minimum atomic E-state index is -0.0850. The third-order valence-electron chi connectivity index (χ3n) is 4.20. The number of halogens is 1. The zero-order chi connectivity index (χ0) is 18.5. The largest absolute Gasteiger partial charge is 0.361 e. The van der Waals surface area contributed by atoms with Gasteiger partial charge in [-0.3, -0.25) is 9.59 Å². The summed E-state index contributed by atoms with van der Waals surface area (Å²) in [6.45, 7) is 2.28. The van der Waals surface area contributed by atoms with Crippen LogP contribution in [-0.4, -0.2) is 29.9 Å². The number of fused-ring (bicyclic) bond motifs is 1. The molecular formula is C20H20ClN3O2. The number of para-hydroxylation sites is 1. The number of hydrogen-bond acceptors (Lipinski definition) is 2. The van der Waals surface area contributed by atoms with Crippen molar-refractivity contribution in [3.8, 4) is 0 Å². The summed E-state index contributed by atoms with van der Waals surface area (Å²) in [7, 11) is 0. The maximum atomic E-state index is 12.2. The van der Waals surface area contributed by atoms with E-state index in [2.05, 4.69) is 10.3 Å². The number of aromatic nitrogens is 1. The van der Waals surface area contributed by atoms with E-state index in [1.165, 1.54) is 6.92 Å². The second-order valence-electron chi connectivity index (χ2n) is 6.03. The zero-order valence-electron chi connectivity index (χ0n) is 14.5. The van der Waals surface area contributed by atoms with Gasteiger partial charge in [-0.05, 0) is 35.9 Å². The first kappa shape index (κ1) is 18.0. The fourth-order valence-corrected chi connectivity index (χ4v) is 3.04. The van der Waals surface area contributed by atoms with Crippen molar-refractivity contribution in [3.63, 3.8) is 0 Å². The average Bonchev–Trinajstić information content (AvgIpc) is 3.02. The van der Waals surface area contributed by atoms with Crippen LogP contribution in [0.1, 0.15) is 12.5 Å². The van der Waals surface area contributed by atoms with Crippen LogP contribution in [0.25, 0.3) is 10.9 Å². The van der Waals surface area contributed by atoms with Gasteiger partial charge >= 0.3 is 0 Å². The van der Waals surface area contributed by atoms with Crippen molar-refractivity contribution in [1.82, 2.24) is 10.3 Å². The van der Waals surface area contributed by atoms with Crippen molar-refractivity contribution in [2.75, 3.05) is 18.0 Å². The van der Waals surface area contributed by atoms with Crippen LogP contribution in [0, 0.1) is 0 Å². The molecule has 2 N–H and O–H groups in total. The van der Waals surface area contributed by atoms with Crippen molar-refractivity contribution >= 4 is 40.0 Å². The average molecular weight is 370 g/mol. The number of amides is 2. The van der Waals surface area contributed by atoms with E-state index in [9.17, 15) is 9.59 Å². The van der Waals surface area contributed by atoms with Crippen molar-refractivity contribution in [1.29, 1.82) is 0 Å². The second kappa shape index (κ2) is 8.06. The van der Waals surface area contributed by atoms with Crippen molar-refractivity contribution in [2.45, 2.75) is 13.3 Å². The lowest BCUT2D eigenvalue weighted by atomic mass is 10.1. The first-order valence-electron chi connectivity index (χ1n) is 8.40. The van der Waals surface area contributed by atoms with Gasteiger partial charge in [0.2, 0.25) is 11.8 Å². The van der Waals surface area contributed by atoms with Gasteiger partial charge in [-0.1, -0.05) is 29.8 Å². The Labute approximate surface area is 157 Å². The number of H-pyrrole nitrogens is 1. The van der Waals surface area contributed by atoms with E-state index in [0.717, 1.165) is 22.2 Å². The molecule has 1 aromatic heterocycles. The Morgan fingerprint density at radius 2 is 1.85 bits per heavy atom. The highest BCUT2D eigenvalue weighted by molar-refractivity contribution is 6.30. The molecular weight excluding hydrogens is 350 g/mol. The van der Waals surface area contributed by atoms with Crippen LogP contribution in [0.5, 0.6) is 0 Å². The quantitative estimate of drug-likeness (QED) is 0.698. The summed E-state index contributed by atoms with van der Waals surface area (Å²) in [5, 5.41) is 4.54. The molecule has 0 fully saturated rings. The molecule has 26 heavy (non-hydrogen) atoms. The van der Waals surface area contributed by atoms with Crippen LogP contribution in [0.15, 0.2) is 54.7 Å². The normalized spacial score (nSPS) is 10.7. The Kier molecular flexibility index (Phi) is 5.58. The Hall–Kier alpha value is -2.79. The molecule has 5 nitrogen and oxygen atoms in total. The first-order chi connectivity index (χ1) is 12.5. The maximum absolute atomic E-state index is 12.2. The fraction of sp³-hybridized carbons (Fsp3) is 0.200. The van der Waals surface area contributed by atoms with Gasteiger partial charge < -0.3 is 15.2 Å². The number of nitrogens with one attached hydrogen (secondary N) is 2. The van der Waals surface area contributed by atoms with Gasteiger partial charge in [-0.15, -0.1) is 0 Å². The summed E-state index contributed by atoms with van der Waals surface area (Å²) in [5.41, 5.74) is 2.73. The van der Waals surface area contributed by atoms with E-state index in [1.807, 2.05) is 30.5 Å². The minimum absolute atomic E-state index is 0.0747. The van der Waals surface area contributed by atoms with Gasteiger partial charge in [0.15, 0.2) is 0 Å². The number of anilines is 1. The molecule has 0 aliphatic heterocycles.